The number of rotatable bonds is 6. The highest BCUT2D eigenvalue weighted by molar-refractivity contribution is 6.30. The summed E-state index contributed by atoms with van der Waals surface area (Å²) in [4.78, 5) is 0. The lowest BCUT2D eigenvalue weighted by molar-refractivity contribution is 0.414. The van der Waals surface area contributed by atoms with Crippen molar-refractivity contribution in [2.45, 2.75) is 19.4 Å². The van der Waals surface area contributed by atoms with Gasteiger partial charge in [0.25, 0.3) is 0 Å². The molecule has 0 amide bonds. The molecular weight excluding hydrogens is 289 g/mol. The quantitative estimate of drug-likeness (QED) is 0.855. The summed E-state index contributed by atoms with van der Waals surface area (Å²) in [7, 11) is 1.65. The molecule has 0 spiro atoms. The highest BCUT2D eigenvalue weighted by Crippen LogP contribution is 2.24. The van der Waals surface area contributed by atoms with Crippen molar-refractivity contribution in [2.24, 2.45) is 0 Å². The average Bonchev–Trinajstić information content (AvgIpc) is 2.50. The van der Waals surface area contributed by atoms with Crippen LogP contribution in [0.25, 0.3) is 0 Å². The van der Waals surface area contributed by atoms with E-state index < -0.39 is 0 Å². The molecule has 2 rings (SSSR count). The molecule has 0 saturated carbocycles. The first-order valence-corrected chi connectivity index (χ1v) is 7.33. The van der Waals surface area contributed by atoms with E-state index in [1.165, 1.54) is 6.07 Å². The Morgan fingerprint density at radius 3 is 2.71 bits per heavy atom. The summed E-state index contributed by atoms with van der Waals surface area (Å²) < 4.78 is 18.9. The molecule has 0 aliphatic carbocycles. The van der Waals surface area contributed by atoms with Crippen LogP contribution < -0.4 is 10.1 Å². The number of benzene rings is 2. The number of halogens is 2. The van der Waals surface area contributed by atoms with Gasteiger partial charge in [0, 0.05) is 6.04 Å². The molecule has 0 aromatic heterocycles. The second-order valence-electron chi connectivity index (χ2n) is 4.84. The molecule has 21 heavy (non-hydrogen) atoms. The van der Waals surface area contributed by atoms with E-state index >= 15 is 0 Å². The molecule has 1 atom stereocenters. The van der Waals surface area contributed by atoms with Crippen molar-refractivity contribution in [2.75, 3.05) is 13.7 Å². The number of ether oxygens (including phenoxy) is 1. The monoisotopic (exact) mass is 307 g/mol. The molecule has 0 aliphatic heterocycles. The van der Waals surface area contributed by atoms with Crippen LogP contribution in [0, 0.1) is 5.82 Å². The lowest BCUT2D eigenvalue weighted by Crippen LogP contribution is -2.23. The number of likely N-dealkylation sites (N-methyl/N-ethyl adjacent to an activating group) is 1. The third-order valence-electron chi connectivity index (χ3n) is 3.37. The Morgan fingerprint density at radius 2 is 2.05 bits per heavy atom. The van der Waals surface area contributed by atoms with Gasteiger partial charge in [-0.3, -0.25) is 0 Å². The first-order chi connectivity index (χ1) is 10.1. The van der Waals surface area contributed by atoms with E-state index in [-0.39, 0.29) is 16.9 Å². The predicted molar refractivity (Wildman–Crippen MR) is 84.5 cm³/mol. The molecule has 0 aliphatic rings. The van der Waals surface area contributed by atoms with E-state index in [9.17, 15) is 4.39 Å². The van der Waals surface area contributed by atoms with E-state index in [2.05, 4.69) is 5.32 Å². The summed E-state index contributed by atoms with van der Waals surface area (Å²) in [6.45, 7) is 2.84. The van der Waals surface area contributed by atoms with Crippen LogP contribution in [-0.2, 0) is 6.42 Å². The van der Waals surface area contributed by atoms with Crippen molar-refractivity contribution in [3.63, 3.8) is 0 Å². The Hall–Kier alpha value is -1.58. The van der Waals surface area contributed by atoms with Gasteiger partial charge in [0.05, 0.1) is 12.1 Å². The lowest BCUT2D eigenvalue weighted by atomic mass is 9.98. The van der Waals surface area contributed by atoms with Crippen LogP contribution in [0.3, 0.4) is 0 Å². The molecule has 0 radical (unpaired) electrons. The van der Waals surface area contributed by atoms with Crippen molar-refractivity contribution in [1.29, 1.82) is 0 Å². The second-order valence-corrected chi connectivity index (χ2v) is 5.25. The fraction of sp³-hybridized carbons (Fsp3) is 0.294. The zero-order valence-electron chi connectivity index (χ0n) is 12.2. The maximum Gasteiger partial charge on any atom is 0.142 e. The van der Waals surface area contributed by atoms with E-state index in [0.717, 1.165) is 29.8 Å². The number of nitrogens with one attached hydrogen (secondary N) is 1. The molecule has 0 heterocycles. The van der Waals surface area contributed by atoms with E-state index in [1.54, 1.807) is 13.2 Å². The van der Waals surface area contributed by atoms with Gasteiger partial charge in [-0.25, -0.2) is 4.39 Å². The Morgan fingerprint density at radius 1 is 1.24 bits per heavy atom. The van der Waals surface area contributed by atoms with Crippen molar-refractivity contribution in [3.05, 3.63) is 64.4 Å². The molecule has 0 fully saturated rings. The van der Waals surface area contributed by atoms with Gasteiger partial charge in [0.1, 0.15) is 11.6 Å². The largest absolute Gasteiger partial charge is 0.497 e. The second kappa shape index (κ2) is 7.43. The van der Waals surface area contributed by atoms with Gasteiger partial charge in [-0.15, -0.1) is 0 Å². The average molecular weight is 308 g/mol. The molecule has 4 heteroatoms. The highest BCUT2D eigenvalue weighted by Gasteiger charge is 2.13. The van der Waals surface area contributed by atoms with Gasteiger partial charge in [-0.2, -0.15) is 0 Å². The number of hydrogen-bond donors (Lipinski definition) is 1. The summed E-state index contributed by atoms with van der Waals surface area (Å²) in [5.74, 6) is 0.438. The van der Waals surface area contributed by atoms with Crippen molar-refractivity contribution in [3.8, 4) is 5.75 Å². The van der Waals surface area contributed by atoms with Crippen LogP contribution in [0.4, 0.5) is 4.39 Å². The van der Waals surface area contributed by atoms with Crippen LogP contribution in [0.1, 0.15) is 24.1 Å². The minimum absolute atomic E-state index is 0.0360. The van der Waals surface area contributed by atoms with Crippen LogP contribution in [0.5, 0.6) is 5.75 Å². The number of hydrogen-bond acceptors (Lipinski definition) is 2. The first-order valence-electron chi connectivity index (χ1n) is 6.95. The third-order valence-corrected chi connectivity index (χ3v) is 3.68. The minimum atomic E-state index is -0.386. The first kappa shape index (κ1) is 15.8. The van der Waals surface area contributed by atoms with Crippen molar-refractivity contribution >= 4 is 11.6 Å². The lowest BCUT2D eigenvalue weighted by Gasteiger charge is -2.19. The fourth-order valence-corrected chi connectivity index (χ4v) is 2.44. The summed E-state index contributed by atoms with van der Waals surface area (Å²) in [5.41, 5.74) is 2.03. The normalized spacial score (nSPS) is 12.2. The van der Waals surface area contributed by atoms with Gasteiger partial charge in [-0.1, -0.05) is 36.7 Å². The molecule has 0 saturated heterocycles. The van der Waals surface area contributed by atoms with Gasteiger partial charge in [0.2, 0.25) is 0 Å². The van der Waals surface area contributed by atoms with Crippen LogP contribution in [0.2, 0.25) is 5.02 Å². The van der Waals surface area contributed by atoms with Gasteiger partial charge < -0.3 is 10.1 Å². The Kier molecular flexibility index (Phi) is 5.59. The molecule has 1 N–H and O–H groups in total. The summed E-state index contributed by atoms with van der Waals surface area (Å²) >= 11 is 5.75. The fourth-order valence-electron chi connectivity index (χ4n) is 2.32. The van der Waals surface area contributed by atoms with E-state index in [1.807, 2.05) is 37.3 Å². The van der Waals surface area contributed by atoms with E-state index in [0.29, 0.717) is 0 Å². The van der Waals surface area contributed by atoms with E-state index in [4.69, 9.17) is 16.3 Å². The minimum Gasteiger partial charge on any atom is -0.497 e. The Balaban J connectivity index is 2.23. The summed E-state index contributed by atoms with van der Waals surface area (Å²) in [6.07, 6.45) is 0.756. The van der Waals surface area contributed by atoms with Crippen LogP contribution >= 0.6 is 11.6 Å². The summed E-state index contributed by atoms with van der Waals surface area (Å²) in [5, 5.41) is 3.53. The van der Waals surface area contributed by atoms with Gasteiger partial charge in [-0.05, 0) is 48.4 Å². The van der Waals surface area contributed by atoms with Gasteiger partial charge >= 0.3 is 0 Å². The van der Waals surface area contributed by atoms with Crippen LogP contribution in [-0.4, -0.2) is 13.7 Å². The maximum atomic E-state index is 13.7. The Bertz CT molecular complexity index is 603. The predicted octanol–water partition coefficient (Wildman–Crippen LogP) is 4.38. The number of methoxy groups -OCH3 is 1. The molecule has 2 aromatic rings. The molecule has 112 valence electrons. The van der Waals surface area contributed by atoms with Gasteiger partial charge in [0.15, 0.2) is 0 Å². The smallest absolute Gasteiger partial charge is 0.142 e. The van der Waals surface area contributed by atoms with Crippen LogP contribution in [0.15, 0.2) is 42.5 Å². The topological polar surface area (TPSA) is 21.3 Å². The standard InChI is InChI=1S/C17H19ClFNO/c1-3-20-17(13-7-8-15(18)16(19)11-13)10-12-5-4-6-14(9-12)21-2/h4-9,11,17,20H,3,10H2,1-2H3. The zero-order valence-corrected chi connectivity index (χ0v) is 13.0. The van der Waals surface area contributed by atoms with Crippen molar-refractivity contribution in [1.82, 2.24) is 5.32 Å². The molecular formula is C17H19ClFNO. The molecule has 2 nitrogen and oxygen atoms in total. The SMILES string of the molecule is CCNC(Cc1cccc(OC)c1)c1ccc(Cl)c(F)c1. The third kappa shape index (κ3) is 4.19. The molecule has 0 bridgehead atoms. The molecule has 2 aromatic carbocycles. The maximum absolute atomic E-state index is 13.7. The Labute approximate surface area is 129 Å². The molecule has 1 unspecified atom stereocenters. The highest BCUT2D eigenvalue weighted by atomic mass is 35.5. The summed E-state index contributed by atoms with van der Waals surface area (Å²) in [6, 6.07) is 12.9. The van der Waals surface area contributed by atoms with Crippen molar-refractivity contribution < 1.29 is 9.13 Å². The zero-order chi connectivity index (χ0) is 15.2.